The molecule has 0 saturated carbocycles. The monoisotopic (exact) mass is 763 g/mol. The Morgan fingerprint density at radius 3 is 0.981 bits per heavy atom. The van der Waals surface area contributed by atoms with Gasteiger partial charge in [0.15, 0.2) is 6.10 Å². The third-order valence-corrected chi connectivity index (χ3v) is 10.5. The van der Waals surface area contributed by atoms with Crippen molar-refractivity contribution in [3.05, 3.63) is 12.2 Å². The van der Waals surface area contributed by atoms with E-state index in [-0.39, 0.29) is 31.1 Å². The molecule has 0 saturated heterocycles. The Hall–Kier alpha value is -1.85. The maximum atomic E-state index is 12.6. The Labute approximate surface area is 335 Å². The number of esters is 3. The zero-order valence-corrected chi connectivity index (χ0v) is 36.3. The zero-order chi connectivity index (χ0) is 39.4. The highest BCUT2D eigenvalue weighted by atomic mass is 16.6. The van der Waals surface area contributed by atoms with E-state index in [9.17, 15) is 14.4 Å². The van der Waals surface area contributed by atoms with E-state index < -0.39 is 6.10 Å². The van der Waals surface area contributed by atoms with Gasteiger partial charge in [0.05, 0.1) is 0 Å². The SMILES string of the molecule is CCCC/C=C\CCCCCCCC(=O)OC(COC(=O)CCCCCCC)COC(=O)CCCCCCCCCCCCCCCCCCCCCC. The predicted molar refractivity (Wildman–Crippen MR) is 229 cm³/mol. The standard InChI is InChI=1S/C48H90O6/c1-4-7-10-13-15-17-19-20-21-22-23-24-25-26-27-29-30-32-35-38-41-47(50)53-44-45(43-52-46(49)40-37-34-12-9-6-3)54-48(51)42-39-36-33-31-28-18-16-14-11-8-5-2/h14,16,45H,4-13,15,17-44H2,1-3H3/b16-14-. The molecular weight excluding hydrogens is 673 g/mol. The van der Waals surface area contributed by atoms with Crippen LogP contribution in [-0.2, 0) is 28.6 Å². The maximum absolute atomic E-state index is 12.6. The topological polar surface area (TPSA) is 78.9 Å². The molecule has 0 heterocycles. The van der Waals surface area contributed by atoms with E-state index in [0.29, 0.717) is 19.3 Å². The molecule has 0 rings (SSSR count). The van der Waals surface area contributed by atoms with Crippen LogP contribution >= 0.6 is 0 Å². The summed E-state index contributed by atoms with van der Waals surface area (Å²) >= 11 is 0. The van der Waals surface area contributed by atoms with Crippen molar-refractivity contribution < 1.29 is 28.6 Å². The lowest BCUT2D eigenvalue weighted by Gasteiger charge is -2.18. The van der Waals surface area contributed by atoms with E-state index in [2.05, 4.69) is 32.9 Å². The summed E-state index contributed by atoms with van der Waals surface area (Å²) in [6.07, 6.45) is 46.6. The van der Waals surface area contributed by atoms with E-state index in [0.717, 1.165) is 70.6 Å². The maximum Gasteiger partial charge on any atom is 0.306 e. The third kappa shape index (κ3) is 41.3. The highest BCUT2D eigenvalue weighted by molar-refractivity contribution is 5.71. The smallest absolute Gasteiger partial charge is 0.306 e. The minimum atomic E-state index is -0.764. The van der Waals surface area contributed by atoms with E-state index in [4.69, 9.17) is 14.2 Å². The average molecular weight is 763 g/mol. The van der Waals surface area contributed by atoms with E-state index in [1.54, 1.807) is 0 Å². The van der Waals surface area contributed by atoms with Gasteiger partial charge in [-0.15, -0.1) is 0 Å². The first-order valence-corrected chi connectivity index (χ1v) is 23.7. The number of rotatable bonds is 43. The normalized spacial score (nSPS) is 12.0. The van der Waals surface area contributed by atoms with Gasteiger partial charge in [0.25, 0.3) is 0 Å². The van der Waals surface area contributed by atoms with Crippen molar-refractivity contribution in [2.45, 2.75) is 264 Å². The van der Waals surface area contributed by atoms with E-state index >= 15 is 0 Å². The first kappa shape index (κ1) is 52.2. The minimum Gasteiger partial charge on any atom is -0.462 e. The van der Waals surface area contributed by atoms with Crippen LogP contribution < -0.4 is 0 Å². The molecule has 0 spiro atoms. The number of ether oxygens (including phenoxy) is 3. The number of carbonyl (C=O) groups is 3. The summed E-state index contributed by atoms with van der Waals surface area (Å²) in [6, 6.07) is 0. The van der Waals surface area contributed by atoms with Gasteiger partial charge in [-0.2, -0.15) is 0 Å². The Morgan fingerprint density at radius 2 is 0.630 bits per heavy atom. The number of allylic oxidation sites excluding steroid dienone is 2. The van der Waals surface area contributed by atoms with Crippen LogP contribution in [0, 0.1) is 0 Å². The molecule has 318 valence electrons. The second-order valence-corrected chi connectivity index (χ2v) is 16.0. The molecule has 0 bridgehead atoms. The first-order chi connectivity index (χ1) is 26.5. The molecule has 0 aliphatic heterocycles. The Balaban J connectivity index is 4.08. The van der Waals surface area contributed by atoms with Crippen LogP contribution in [0.5, 0.6) is 0 Å². The Bertz CT molecular complexity index is 839. The molecule has 1 atom stereocenters. The van der Waals surface area contributed by atoms with Crippen molar-refractivity contribution >= 4 is 17.9 Å². The van der Waals surface area contributed by atoms with Gasteiger partial charge in [0, 0.05) is 19.3 Å². The zero-order valence-electron chi connectivity index (χ0n) is 36.3. The average Bonchev–Trinajstić information content (AvgIpc) is 3.17. The van der Waals surface area contributed by atoms with Crippen LogP contribution in [0.15, 0.2) is 12.2 Å². The Morgan fingerprint density at radius 1 is 0.352 bits per heavy atom. The molecule has 0 N–H and O–H groups in total. The van der Waals surface area contributed by atoms with Crippen LogP contribution in [0.1, 0.15) is 258 Å². The summed E-state index contributed by atoms with van der Waals surface area (Å²) in [5.74, 6) is -0.885. The summed E-state index contributed by atoms with van der Waals surface area (Å²) in [4.78, 5) is 37.4. The molecule has 0 aromatic carbocycles. The molecule has 0 aliphatic rings. The van der Waals surface area contributed by atoms with Crippen molar-refractivity contribution in [1.29, 1.82) is 0 Å². The van der Waals surface area contributed by atoms with Gasteiger partial charge < -0.3 is 14.2 Å². The molecule has 1 unspecified atom stereocenters. The van der Waals surface area contributed by atoms with Gasteiger partial charge in [0.2, 0.25) is 0 Å². The van der Waals surface area contributed by atoms with Gasteiger partial charge in [0.1, 0.15) is 13.2 Å². The van der Waals surface area contributed by atoms with Gasteiger partial charge in [-0.25, -0.2) is 0 Å². The lowest BCUT2D eigenvalue weighted by Crippen LogP contribution is -2.30. The van der Waals surface area contributed by atoms with Gasteiger partial charge in [-0.3, -0.25) is 14.4 Å². The van der Waals surface area contributed by atoms with E-state index in [1.165, 1.54) is 148 Å². The lowest BCUT2D eigenvalue weighted by atomic mass is 10.0. The van der Waals surface area contributed by atoms with Gasteiger partial charge in [-0.1, -0.05) is 213 Å². The molecule has 6 nitrogen and oxygen atoms in total. The van der Waals surface area contributed by atoms with Crippen molar-refractivity contribution in [3.8, 4) is 0 Å². The molecule has 0 aliphatic carbocycles. The van der Waals surface area contributed by atoms with Gasteiger partial charge >= 0.3 is 17.9 Å². The molecule has 0 aromatic heterocycles. The third-order valence-electron chi connectivity index (χ3n) is 10.5. The van der Waals surface area contributed by atoms with E-state index in [1.807, 2.05) is 0 Å². The largest absolute Gasteiger partial charge is 0.462 e. The van der Waals surface area contributed by atoms with Crippen LogP contribution in [0.25, 0.3) is 0 Å². The van der Waals surface area contributed by atoms with Crippen LogP contribution in [0.2, 0.25) is 0 Å². The first-order valence-electron chi connectivity index (χ1n) is 23.7. The fraction of sp³-hybridized carbons (Fsp3) is 0.896. The molecule has 0 fully saturated rings. The second-order valence-electron chi connectivity index (χ2n) is 16.0. The van der Waals surface area contributed by atoms with Crippen molar-refractivity contribution in [2.24, 2.45) is 0 Å². The molecule has 54 heavy (non-hydrogen) atoms. The second kappa shape index (κ2) is 43.9. The lowest BCUT2D eigenvalue weighted by molar-refractivity contribution is -0.167. The number of unbranched alkanes of at least 4 members (excludes halogenated alkanes) is 30. The summed E-state index contributed by atoms with van der Waals surface area (Å²) in [6.45, 7) is 6.53. The molecule has 0 radical (unpaired) electrons. The van der Waals surface area contributed by atoms with Crippen LogP contribution in [0.3, 0.4) is 0 Å². The molecule has 6 heteroatoms. The number of hydrogen-bond donors (Lipinski definition) is 0. The minimum absolute atomic E-state index is 0.0701. The fourth-order valence-electron chi connectivity index (χ4n) is 6.89. The molecule has 0 aromatic rings. The number of hydrogen-bond acceptors (Lipinski definition) is 6. The summed E-state index contributed by atoms with van der Waals surface area (Å²) in [7, 11) is 0. The highest BCUT2D eigenvalue weighted by Crippen LogP contribution is 2.16. The number of carbonyl (C=O) groups excluding carboxylic acids is 3. The summed E-state index contributed by atoms with van der Waals surface area (Å²) in [5, 5.41) is 0. The Kier molecular flexibility index (Phi) is 42.4. The summed E-state index contributed by atoms with van der Waals surface area (Å²) in [5.41, 5.74) is 0. The quantitative estimate of drug-likeness (QED) is 0.0266. The molecule has 0 amide bonds. The highest BCUT2D eigenvalue weighted by Gasteiger charge is 2.19. The van der Waals surface area contributed by atoms with Crippen molar-refractivity contribution in [3.63, 3.8) is 0 Å². The fourth-order valence-corrected chi connectivity index (χ4v) is 6.89. The van der Waals surface area contributed by atoms with Gasteiger partial charge in [-0.05, 0) is 38.5 Å². The molecular formula is C48H90O6. The van der Waals surface area contributed by atoms with Crippen molar-refractivity contribution in [1.82, 2.24) is 0 Å². The predicted octanol–water partition coefficient (Wildman–Crippen LogP) is 15.0. The van der Waals surface area contributed by atoms with Crippen LogP contribution in [-0.4, -0.2) is 37.2 Å². The van der Waals surface area contributed by atoms with Crippen LogP contribution in [0.4, 0.5) is 0 Å². The van der Waals surface area contributed by atoms with Crippen molar-refractivity contribution in [2.75, 3.05) is 13.2 Å². The summed E-state index contributed by atoms with van der Waals surface area (Å²) < 4.78 is 16.6.